The minimum Gasteiger partial charge on any atom is -0.316 e. The molecule has 22 heavy (non-hydrogen) atoms. The summed E-state index contributed by atoms with van der Waals surface area (Å²) in [6, 6.07) is 16.8. The van der Waals surface area contributed by atoms with Crippen LogP contribution in [0.25, 0.3) is 9.81 Å². The lowest BCUT2D eigenvalue weighted by Gasteiger charge is -2.09. The van der Waals surface area contributed by atoms with Gasteiger partial charge in [0.2, 0.25) is 0 Å². The number of benzene rings is 2. The van der Waals surface area contributed by atoms with Gasteiger partial charge in [0.1, 0.15) is 0 Å². The van der Waals surface area contributed by atoms with Crippen LogP contribution in [0.4, 0.5) is 0 Å². The zero-order valence-electron chi connectivity index (χ0n) is 12.9. The van der Waals surface area contributed by atoms with Crippen molar-refractivity contribution in [2.75, 3.05) is 14.1 Å². The molecule has 0 radical (unpaired) electrons. The van der Waals surface area contributed by atoms with Crippen LogP contribution in [0.5, 0.6) is 0 Å². The predicted molar refractivity (Wildman–Crippen MR) is 103 cm³/mol. The molecule has 2 nitrogen and oxygen atoms in total. The first-order valence-corrected chi connectivity index (χ1v) is 8.15. The second kappa shape index (κ2) is 8.44. The molecule has 0 aliphatic heterocycles. The van der Waals surface area contributed by atoms with Crippen molar-refractivity contribution < 1.29 is 0 Å². The third-order valence-corrected chi connectivity index (χ3v) is 4.58. The van der Waals surface area contributed by atoms with Crippen molar-refractivity contribution in [2.45, 2.75) is 13.1 Å². The summed E-state index contributed by atoms with van der Waals surface area (Å²) in [5.41, 5.74) is 4.66. The Labute approximate surface area is 143 Å². The Morgan fingerprint density at radius 2 is 1.00 bits per heavy atom. The first-order valence-electron chi connectivity index (χ1n) is 7.25. The average Bonchev–Trinajstić information content (AvgIpc) is 2.55. The van der Waals surface area contributed by atoms with Crippen LogP contribution < -0.4 is 10.6 Å². The molecule has 4 heteroatoms. The molecule has 0 fully saturated rings. The molecule has 0 amide bonds. The third-order valence-electron chi connectivity index (χ3n) is 3.44. The van der Waals surface area contributed by atoms with E-state index in [1.807, 2.05) is 14.1 Å². The lowest BCUT2D eigenvalue weighted by atomic mass is 10.1. The van der Waals surface area contributed by atoms with Crippen molar-refractivity contribution in [1.82, 2.24) is 10.6 Å². The topological polar surface area (TPSA) is 24.1 Å². The van der Waals surface area contributed by atoms with Crippen LogP contribution in [0.2, 0.25) is 0 Å². The highest BCUT2D eigenvalue weighted by Crippen LogP contribution is 2.32. The van der Waals surface area contributed by atoms with Crippen molar-refractivity contribution >= 4 is 35.1 Å². The van der Waals surface area contributed by atoms with Crippen LogP contribution >= 0.6 is 25.3 Å². The highest BCUT2D eigenvalue weighted by molar-refractivity contribution is 7.96. The van der Waals surface area contributed by atoms with E-state index in [1.54, 1.807) is 0 Å². The molecule has 0 bridgehead atoms. The molecule has 2 rings (SSSR count). The minimum atomic E-state index is 0.868. The molecule has 0 aromatic heterocycles. The van der Waals surface area contributed by atoms with Gasteiger partial charge in [0.25, 0.3) is 0 Å². The fourth-order valence-electron chi connectivity index (χ4n) is 2.24. The van der Waals surface area contributed by atoms with Gasteiger partial charge in [-0.3, -0.25) is 0 Å². The molecule has 116 valence electrons. The Bertz CT molecular complexity index is 574. The molecule has 0 atom stereocenters. The smallest absolute Gasteiger partial charge is 0.0253 e. The quantitative estimate of drug-likeness (QED) is 0.478. The predicted octanol–water partition coefficient (Wildman–Crippen LogP) is 3.81. The lowest BCUT2D eigenvalue weighted by molar-refractivity contribution is 0.818. The molecule has 0 aliphatic rings. The summed E-state index contributed by atoms with van der Waals surface area (Å²) in [6.07, 6.45) is 0. The summed E-state index contributed by atoms with van der Waals surface area (Å²) in [7, 11) is 3.89. The van der Waals surface area contributed by atoms with E-state index < -0.39 is 0 Å². The molecule has 2 aromatic carbocycles. The van der Waals surface area contributed by atoms with Gasteiger partial charge >= 0.3 is 0 Å². The van der Waals surface area contributed by atoms with Gasteiger partial charge in [0, 0.05) is 22.9 Å². The monoisotopic (exact) mass is 330 g/mol. The van der Waals surface area contributed by atoms with Gasteiger partial charge < -0.3 is 10.6 Å². The van der Waals surface area contributed by atoms with Crippen LogP contribution in [0, 0.1) is 0 Å². The molecule has 2 N–H and O–H groups in total. The highest BCUT2D eigenvalue weighted by atomic mass is 32.1. The van der Waals surface area contributed by atoms with Crippen molar-refractivity contribution in [3.63, 3.8) is 0 Å². The SMILES string of the molecule is CNCc1ccc(/C(S)=C(/S)c2ccc(CNC)cc2)cc1. The molecule has 0 heterocycles. The summed E-state index contributed by atoms with van der Waals surface area (Å²) in [6.45, 7) is 1.74. The number of rotatable bonds is 6. The maximum atomic E-state index is 4.65. The molecular weight excluding hydrogens is 308 g/mol. The number of nitrogens with one attached hydrogen (secondary N) is 2. The van der Waals surface area contributed by atoms with E-state index in [0.717, 1.165) is 34.0 Å². The van der Waals surface area contributed by atoms with Crippen LogP contribution in [-0.4, -0.2) is 14.1 Å². The Kier molecular flexibility index (Phi) is 6.58. The van der Waals surface area contributed by atoms with E-state index in [2.05, 4.69) is 84.4 Å². The van der Waals surface area contributed by atoms with E-state index in [1.165, 1.54) is 11.1 Å². The summed E-state index contributed by atoms with van der Waals surface area (Å²) in [5.74, 6) is 0. The molecule has 0 spiro atoms. The fourth-order valence-corrected chi connectivity index (χ4v) is 2.80. The fraction of sp³-hybridized carbons (Fsp3) is 0.222. The maximum Gasteiger partial charge on any atom is 0.0253 e. The number of hydrogen-bond donors (Lipinski definition) is 4. The van der Waals surface area contributed by atoms with Crippen molar-refractivity contribution in [1.29, 1.82) is 0 Å². The standard InChI is InChI=1S/C18H22N2S2/c1-19-11-13-3-7-15(8-4-13)17(21)18(22)16-9-5-14(6-10-16)12-20-2/h3-10,19-22H,11-12H2,1-2H3/b18-17-. The van der Waals surface area contributed by atoms with Gasteiger partial charge in [-0.15, -0.1) is 25.3 Å². The molecule has 0 saturated carbocycles. The summed E-state index contributed by atoms with van der Waals surface area (Å²) >= 11 is 9.31. The molecule has 0 unspecified atom stereocenters. The first-order chi connectivity index (χ1) is 10.7. The van der Waals surface area contributed by atoms with Crippen molar-refractivity contribution in [3.8, 4) is 0 Å². The second-order valence-corrected chi connectivity index (χ2v) is 6.05. The van der Waals surface area contributed by atoms with E-state index >= 15 is 0 Å². The van der Waals surface area contributed by atoms with Crippen LogP contribution in [0.3, 0.4) is 0 Å². The van der Waals surface area contributed by atoms with Crippen molar-refractivity contribution in [2.24, 2.45) is 0 Å². The molecular formula is C18H22N2S2. The lowest BCUT2D eigenvalue weighted by Crippen LogP contribution is -2.04. The van der Waals surface area contributed by atoms with E-state index in [0.29, 0.717) is 0 Å². The normalized spacial score (nSPS) is 12.2. The van der Waals surface area contributed by atoms with Gasteiger partial charge in [0.15, 0.2) is 0 Å². The average molecular weight is 331 g/mol. The van der Waals surface area contributed by atoms with Gasteiger partial charge in [-0.25, -0.2) is 0 Å². The van der Waals surface area contributed by atoms with Gasteiger partial charge in [-0.2, -0.15) is 0 Å². The van der Waals surface area contributed by atoms with E-state index in [-0.39, 0.29) is 0 Å². The highest BCUT2D eigenvalue weighted by Gasteiger charge is 2.05. The van der Waals surface area contributed by atoms with Gasteiger partial charge in [-0.1, -0.05) is 48.5 Å². The zero-order chi connectivity index (χ0) is 15.9. The summed E-state index contributed by atoms with van der Waals surface area (Å²) in [4.78, 5) is 1.78. The Balaban J connectivity index is 2.23. The molecule has 2 aromatic rings. The molecule has 0 saturated heterocycles. The second-order valence-electron chi connectivity index (χ2n) is 5.15. The van der Waals surface area contributed by atoms with Crippen molar-refractivity contribution in [3.05, 3.63) is 70.8 Å². The first kappa shape index (κ1) is 17.2. The minimum absolute atomic E-state index is 0.868. The Morgan fingerprint density at radius 1 is 0.682 bits per heavy atom. The third kappa shape index (κ3) is 4.40. The van der Waals surface area contributed by atoms with Crippen LogP contribution in [0.15, 0.2) is 48.5 Å². The number of hydrogen-bond acceptors (Lipinski definition) is 4. The maximum absolute atomic E-state index is 4.65. The Hall–Kier alpha value is -1.20. The Morgan fingerprint density at radius 3 is 1.27 bits per heavy atom. The van der Waals surface area contributed by atoms with Gasteiger partial charge in [0.05, 0.1) is 0 Å². The van der Waals surface area contributed by atoms with Gasteiger partial charge in [-0.05, 0) is 36.3 Å². The molecule has 0 aliphatic carbocycles. The van der Waals surface area contributed by atoms with Crippen LogP contribution in [-0.2, 0) is 13.1 Å². The van der Waals surface area contributed by atoms with E-state index in [9.17, 15) is 0 Å². The summed E-state index contributed by atoms with van der Waals surface area (Å²) < 4.78 is 0. The zero-order valence-corrected chi connectivity index (χ0v) is 14.7. The number of thiol groups is 2. The van der Waals surface area contributed by atoms with E-state index in [4.69, 9.17) is 0 Å². The summed E-state index contributed by atoms with van der Waals surface area (Å²) in [5, 5.41) is 6.29. The largest absolute Gasteiger partial charge is 0.316 e. The van der Waals surface area contributed by atoms with Crippen LogP contribution in [0.1, 0.15) is 22.3 Å².